The molecular weight excluding hydrogens is 443 g/mol. The highest BCUT2D eigenvalue weighted by atomic mass is 19.1. The first-order chi connectivity index (χ1) is 17.0. The second kappa shape index (κ2) is 8.65. The van der Waals surface area contributed by atoms with E-state index in [0.717, 1.165) is 28.6 Å². The third-order valence-corrected chi connectivity index (χ3v) is 7.11. The molecule has 2 unspecified atom stereocenters. The van der Waals surface area contributed by atoms with Crippen molar-refractivity contribution < 1.29 is 9.18 Å². The number of aromatic nitrogens is 2. The quantitative estimate of drug-likeness (QED) is 0.482. The molecule has 1 N–H and O–H groups in total. The Bertz CT molecular complexity index is 1480. The van der Waals surface area contributed by atoms with Gasteiger partial charge in [-0.2, -0.15) is 0 Å². The molecular formula is C28H25FN4O2. The third kappa shape index (κ3) is 4.07. The van der Waals surface area contributed by atoms with Crippen LogP contribution in [-0.4, -0.2) is 33.4 Å². The molecule has 7 heteroatoms. The van der Waals surface area contributed by atoms with Crippen LogP contribution in [0.15, 0.2) is 77.7 Å². The first-order valence-electron chi connectivity index (χ1n) is 11.9. The van der Waals surface area contributed by atoms with Gasteiger partial charge in [-0.15, -0.1) is 0 Å². The number of hydrogen-bond donors (Lipinski definition) is 1. The van der Waals surface area contributed by atoms with E-state index in [0.29, 0.717) is 37.4 Å². The van der Waals surface area contributed by atoms with Crippen LogP contribution in [0.5, 0.6) is 0 Å². The highest BCUT2D eigenvalue weighted by molar-refractivity contribution is 5.94. The summed E-state index contributed by atoms with van der Waals surface area (Å²) in [6, 6.07) is 19.6. The number of para-hydroxylation sites is 1. The maximum atomic E-state index is 13.3. The molecule has 35 heavy (non-hydrogen) atoms. The Kier molecular flexibility index (Phi) is 5.32. The standard InChI is InChI=1S/C28H25FN4O2/c29-23-7-5-20(6-8-23)27(34)32-15-19-12-22(17-32)26-10-9-25(28(35)33(26)16-19)31-14-18-11-21-3-1-2-4-24(21)30-13-18/h1-11,13,19,22,31H,12,14-17H2. The number of benzene rings is 2. The Hall–Kier alpha value is -4.00. The number of rotatable bonds is 4. The number of likely N-dealkylation sites (tertiary alicyclic amines) is 1. The molecule has 2 atom stereocenters. The summed E-state index contributed by atoms with van der Waals surface area (Å²) in [4.78, 5) is 32.7. The van der Waals surface area contributed by atoms with E-state index in [9.17, 15) is 14.0 Å². The smallest absolute Gasteiger partial charge is 0.274 e. The number of pyridine rings is 2. The van der Waals surface area contributed by atoms with Crippen molar-refractivity contribution in [2.24, 2.45) is 5.92 Å². The fourth-order valence-corrected chi connectivity index (χ4v) is 5.43. The highest BCUT2D eigenvalue weighted by Crippen LogP contribution is 2.36. The van der Waals surface area contributed by atoms with Crippen LogP contribution in [-0.2, 0) is 13.1 Å². The van der Waals surface area contributed by atoms with Crippen LogP contribution < -0.4 is 10.9 Å². The molecule has 0 radical (unpaired) electrons. The molecule has 4 heterocycles. The minimum absolute atomic E-state index is 0.0238. The van der Waals surface area contributed by atoms with Crippen molar-refractivity contribution in [1.29, 1.82) is 0 Å². The molecule has 6 rings (SSSR count). The zero-order chi connectivity index (χ0) is 23.9. The van der Waals surface area contributed by atoms with Crippen molar-refractivity contribution in [3.8, 4) is 0 Å². The number of halogens is 1. The molecule has 1 saturated heterocycles. The van der Waals surface area contributed by atoms with E-state index in [1.165, 1.54) is 24.3 Å². The molecule has 6 nitrogen and oxygen atoms in total. The van der Waals surface area contributed by atoms with Gasteiger partial charge in [-0.25, -0.2) is 4.39 Å². The highest BCUT2D eigenvalue weighted by Gasteiger charge is 2.36. The van der Waals surface area contributed by atoms with Crippen molar-refractivity contribution in [2.75, 3.05) is 18.4 Å². The number of nitrogens with one attached hydrogen (secondary N) is 1. The summed E-state index contributed by atoms with van der Waals surface area (Å²) in [6.45, 7) is 2.25. The van der Waals surface area contributed by atoms with Gasteiger partial charge in [0, 0.05) is 54.9 Å². The van der Waals surface area contributed by atoms with E-state index in [-0.39, 0.29) is 29.1 Å². The average Bonchev–Trinajstić information content (AvgIpc) is 2.88. The average molecular weight is 469 g/mol. The maximum Gasteiger partial charge on any atom is 0.274 e. The lowest BCUT2D eigenvalue weighted by Crippen LogP contribution is -2.49. The van der Waals surface area contributed by atoms with Gasteiger partial charge in [-0.3, -0.25) is 14.6 Å². The van der Waals surface area contributed by atoms with Crippen molar-refractivity contribution in [2.45, 2.75) is 25.4 Å². The number of piperidine rings is 1. The lowest BCUT2D eigenvalue weighted by molar-refractivity contribution is 0.0594. The molecule has 0 saturated carbocycles. The molecule has 4 aromatic rings. The summed E-state index contributed by atoms with van der Waals surface area (Å²) in [5, 5.41) is 4.37. The molecule has 2 aliphatic rings. The predicted octanol–water partition coefficient (Wildman–Crippen LogP) is 4.41. The Labute approximate surface area is 202 Å². The molecule has 0 aliphatic carbocycles. The van der Waals surface area contributed by atoms with Crippen LogP contribution in [0.1, 0.15) is 34.0 Å². The van der Waals surface area contributed by atoms with Crippen LogP contribution in [0, 0.1) is 11.7 Å². The lowest BCUT2D eigenvalue weighted by Gasteiger charge is -2.43. The molecule has 1 fully saturated rings. The number of nitrogens with zero attached hydrogens (tertiary/aromatic N) is 3. The number of fused-ring (bicyclic) bond motifs is 5. The number of hydrogen-bond acceptors (Lipinski definition) is 4. The van der Waals surface area contributed by atoms with Gasteiger partial charge in [-0.1, -0.05) is 18.2 Å². The third-order valence-electron chi connectivity index (χ3n) is 7.11. The summed E-state index contributed by atoms with van der Waals surface area (Å²) in [6.07, 6.45) is 2.80. The van der Waals surface area contributed by atoms with Gasteiger partial charge >= 0.3 is 0 Å². The van der Waals surface area contributed by atoms with Crippen molar-refractivity contribution >= 4 is 22.5 Å². The van der Waals surface area contributed by atoms with Gasteiger partial charge in [0.25, 0.3) is 11.5 Å². The monoisotopic (exact) mass is 468 g/mol. The lowest BCUT2D eigenvalue weighted by atomic mass is 9.83. The molecule has 1 amide bonds. The topological polar surface area (TPSA) is 67.2 Å². The van der Waals surface area contributed by atoms with Gasteiger partial charge in [-0.05, 0) is 66.4 Å². The van der Waals surface area contributed by atoms with E-state index in [4.69, 9.17) is 0 Å². The van der Waals surface area contributed by atoms with Gasteiger partial charge in [0.05, 0.1) is 5.52 Å². The summed E-state index contributed by atoms with van der Waals surface area (Å²) < 4.78 is 15.1. The van der Waals surface area contributed by atoms with Crippen LogP contribution in [0.3, 0.4) is 0 Å². The second-order valence-electron chi connectivity index (χ2n) is 9.49. The molecule has 0 spiro atoms. The van der Waals surface area contributed by atoms with E-state index < -0.39 is 0 Å². The Morgan fingerprint density at radius 2 is 1.86 bits per heavy atom. The summed E-state index contributed by atoms with van der Waals surface area (Å²) in [5.41, 5.74) is 3.97. The van der Waals surface area contributed by atoms with Crippen LogP contribution in [0.2, 0.25) is 0 Å². The summed E-state index contributed by atoms with van der Waals surface area (Å²) >= 11 is 0. The van der Waals surface area contributed by atoms with Gasteiger partial charge < -0.3 is 14.8 Å². The molecule has 2 aliphatic heterocycles. The number of anilines is 1. The fourth-order valence-electron chi connectivity index (χ4n) is 5.43. The number of carbonyl (C=O) groups excluding carboxylic acids is 1. The first kappa shape index (κ1) is 21.5. The molecule has 2 aromatic heterocycles. The van der Waals surface area contributed by atoms with Crippen molar-refractivity contribution in [1.82, 2.24) is 14.5 Å². The van der Waals surface area contributed by atoms with Crippen LogP contribution >= 0.6 is 0 Å². The fraction of sp³-hybridized carbons (Fsp3) is 0.250. The Balaban J connectivity index is 1.20. The SMILES string of the molecule is O=C(c1ccc(F)cc1)N1CC2CC(C1)c1ccc(NCc3cnc4ccccc4c3)c(=O)n1C2. The first-order valence-corrected chi connectivity index (χ1v) is 11.9. The second-order valence-corrected chi connectivity index (χ2v) is 9.49. The van der Waals surface area contributed by atoms with E-state index in [2.05, 4.69) is 16.4 Å². The van der Waals surface area contributed by atoms with Crippen LogP contribution in [0.25, 0.3) is 10.9 Å². The molecule has 176 valence electrons. The van der Waals surface area contributed by atoms with Gasteiger partial charge in [0.15, 0.2) is 0 Å². The Morgan fingerprint density at radius 1 is 1.03 bits per heavy atom. The van der Waals surface area contributed by atoms with E-state index >= 15 is 0 Å². The summed E-state index contributed by atoms with van der Waals surface area (Å²) in [5.74, 6) is -0.119. The Morgan fingerprint density at radius 3 is 2.71 bits per heavy atom. The molecule has 2 bridgehead atoms. The number of amides is 1. The normalized spacial score (nSPS) is 18.8. The number of carbonyl (C=O) groups is 1. The van der Waals surface area contributed by atoms with Gasteiger partial charge in [0.1, 0.15) is 11.5 Å². The zero-order valence-corrected chi connectivity index (χ0v) is 19.2. The maximum absolute atomic E-state index is 13.3. The van der Waals surface area contributed by atoms with Crippen LogP contribution in [0.4, 0.5) is 10.1 Å². The minimum Gasteiger partial charge on any atom is -0.376 e. The van der Waals surface area contributed by atoms with E-state index in [1.807, 2.05) is 52.1 Å². The molecule has 2 aromatic carbocycles. The van der Waals surface area contributed by atoms with Crippen molar-refractivity contribution in [3.05, 3.63) is 106 Å². The summed E-state index contributed by atoms with van der Waals surface area (Å²) in [7, 11) is 0. The zero-order valence-electron chi connectivity index (χ0n) is 19.2. The predicted molar refractivity (Wildman–Crippen MR) is 133 cm³/mol. The van der Waals surface area contributed by atoms with Gasteiger partial charge in [0.2, 0.25) is 0 Å². The van der Waals surface area contributed by atoms with Crippen molar-refractivity contribution in [3.63, 3.8) is 0 Å². The minimum atomic E-state index is -0.355. The largest absolute Gasteiger partial charge is 0.376 e. The van der Waals surface area contributed by atoms with E-state index in [1.54, 1.807) is 0 Å².